The van der Waals surface area contributed by atoms with E-state index in [-0.39, 0.29) is 6.61 Å². The number of thiophene rings is 1. The van der Waals surface area contributed by atoms with Crippen LogP contribution in [0.1, 0.15) is 9.75 Å². The summed E-state index contributed by atoms with van der Waals surface area (Å²) >= 11 is 2.93. The van der Waals surface area contributed by atoms with E-state index in [1.165, 1.54) is 15.6 Å². The topological polar surface area (TPSA) is 57.6 Å². The van der Waals surface area contributed by atoms with Crippen molar-refractivity contribution in [3.8, 4) is 0 Å². The van der Waals surface area contributed by atoms with Gasteiger partial charge in [0.15, 0.2) is 0 Å². The molecule has 0 bridgehead atoms. The molecule has 4 nitrogen and oxygen atoms in total. The van der Waals surface area contributed by atoms with E-state index in [0.717, 1.165) is 10.6 Å². The van der Waals surface area contributed by atoms with E-state index in [9.17, 15) is 8.42 Å². The fraction of sp³-hybridized carbons (Fsp3) is 0.600. The third-order valence-electron chi connectivity index (χ3n) is 2.38. The Morgan fingerprint density at radius 1 is 1.53 bits per heavy atom. The zero-order chi connectivity index (χ0) is 13.1. The highest BCUT2D eigenvalue weighted by Gasteiger charge is 2.24. The number of aliphatic hydroxyl groups excluding tert-OH is 1. The molecule has 0 aliphatic rings. The van der Waals surface area contributed by atoms with Crippen LogP contribution in [0.25, 0.3) is 0 Å². The first-order valence-electron chi connectivity index (χ1n) is 5.09. The lowest BCUT2D eigenvalue weighted by atomic mass is 10.4. The van der Waals surface area contributed by atoms with Crippen molar-refractivity contribution in [3.05, 3.63) is 15.8 Å². The minimum Gasteiger partial charge on any atom is -0.391 e. The third kappa shape index (κ3) is 3.45. The van der Waals surface area contributed by atoms with Gasteiger partial charge in [-0.3, -0.25) is 0 Å². The molecule has 7 heteroatoms. The minimum atomic E-state index is -3.41. The molecule has 0 spiro atoms. The van der Waals surface area contributed by atoms with Crippen LogP contribution in [0.3, 0.4) is 0 Å². The van der Waals surface area contributed by atoms with Crippen LogP contribution in [-0.4, -0.2) is 43.4 Å². The van der Waals surface area contributed by atoms with E-state index in [2.05, 4.69) is 0 Å². The fourth-order valence-electron chi connectivity index (χ4n) is 1.37. The lowest BCUT2D eigenvalue weighted by Gasteiger charge is -2.16. The third-order valence-corrected chi connectivity index (χ3v) is 6.12. The van der Waals surface area contributed by atoms with Gasteiger partial charge in [-0.2, -0.15) is 11.8 Å². The Balaban J connectivity index is 2.99. The molecule has 1 N–H and O–H groups in total. The Morgan fingerprint density at radius 2 is 2.18 bits per heavy atom. The van der Waals surface area contributed by atoms with Gasteiger partial charge in [-0.15, -0.1) is 11.3 Å². The zero-order valence-electron chi connectivity index (χ0n) is 10.1. The Kier molecular flexibility index (Phi) is 5.46. The van der Waals surface area contributed by atoms with Crippen molar-refractivity contribution in [1.29, 1.82) is 0 Å². The molecule has 0 aromatic carbocycles. The summed E-state index contributed by atoms with van der Waals surface area (Å²) in [6.07, 6.45) is 1.94. The number of aryl methyl sites for hydroxylation is 1. The summed E-state index contributed by atoms with van der Waals surface area (Å²) in [4.78, 5) is 1.72. The number of hydrogen-bond donors (Lipinski definition) is 1. The van der Waals surface area contributed by atoms with Gasteiger partial charge in [-0.25, -0.2) is 12.7 Å². The van der Waals surface area contributed by atoms with Crippen LogP contribution in [-0.2, 0) is 16.6 Å². The maximum absolute atomic E-state index is 12.2. The van der Waals surface area contributed by atoms with Gasteiger partial charge in [-0.1, -0.05) is 0 Å². The summed E-state index contributed by atoms with van der Waals surface area (Å²) in [5.74, 6) is 0.770. The van der Waals surface area contributed by atoms with E-state index in [4.69, 9.17) is 5.11 Å². The van der Waals surface area contributed by atoms with Gasteiger partial charge in [0.25, 0.3) is 0 Å². The van der Waals surface area contributed by atoms with Crippen molar-refractivity contribution in [2.24, 2.45) is 0 Å². The highest BCUT2D eigenvalue weighted by atomic mass is 32.2. The molecule has 1 rings (SSSR count). The number of aliphatic hydroxyl groups is 1. The first-order chi connectivity index (χ1) is 7.93. The monoisotopic (exact) mass is 295 g/mol. The molecule has 0 radical (unpaired) electrons. The number of hydrogen-bond acceptors (Lipinski definition) is 5. The Hall–Kier alpha value is -0.0800. The lowest BCUT2D eigenvalue weighted by molar-refractivity contribution is 0.285. The van der Waals surface area contributed by atoms with E-state index in [1.807, 2.05) is 6.26 Å². The van der Waals surface area contributed by atoms with Crippen LogP contribution in [0.15, 0.2) is 11.0 Å². The van der Waals surface area contributed by atoms with Gasteiger partial charge in [0, 0.05) is 29.1 Å². The van der Waals surface area contributed by atoms with Crippen LogP contribution in [0, 0.1) is 6.92 Å². The average Bonchev–Trinajstić information content (AvgIpc) is 2.67. The maximum atomic E-state index is 12.2. The number of thioether (sulfide) groups is 1. The molecule has 0 fully saturated rings. The molecule has 0 saturated heterocycles. The quantitative estimate of drug-likeness (QED) is 0.865. The van der Waals surface area contributed by atoms with Crippen LogP contribution in [0.2, 0.25) is 0 Å². The van der Waals surface area contributed by atoms with Gasteiger partial charge >= 0.3 is 0 Å². The molecule has 1 heterocycles. The molecule has 98 valence electrons. The van der Waals surface area contributed by atoms with Crippen molar-refractivity contribution < 1.29 is 13.5 Å². The van der Waals surface area contributed by atoms with E-state index in [0.29, 0.717) is 16.3 Å². The number of sulfonamides is 1. The van der Waals surface area contributed by atoms with Crippen LogP contribution in [0.5, 0.6) is 0 Å². The van der Waals surface area contributed by atoms with Crippen molar-refractivity contribution in [2.75, 3.05) is 25.6 Å². The molecule has 1 aromatic heterocycles. The fourth-order valence-corrected chi connectivity index (χ4v) is 4.57. The van der Waals surface area contributed by atoms with Crippen molar-refractivity contribution in [3.63, 3.8) is 0 Å². The molecule has 17 heavy (non-hydrogen) atoms. The predicted octanol–water partition coefficient (Wildman–Crippen LogP) is 1.53. The molecular weight excluding hydrogens is 278 g/mol. The predicted molar refractivity (Wildman–Crippen MR) is 73.2 cm³/mol. The smallest absolute Gasteiger partial charge is 0.243 e. The van der Waals surface area contributed by atoms with E-state index < -0.39 is 10.0 Å². The standard InChI is InChI=1S/C10H17NO3S3/c1-8-10(6-9(7-12)16-8)17(13,14)11(2)4-5-15-3/h6,12H,4-5,7H2,1-3H3. The summed E-state index contributed by atoms with van der Waals surface area (Å²) in [6, 6.07) is 1.56. The summed E-state index contributed by atoms with van der Waals surface area (Å²) in [6.45, 7) is 2.14. The largest absolute Gasteiger partial charge is 0.391 e. The SMILES string of the molecule is CSCCN(C)S(=O)(=O)c1cc(CO)sc1C. The second kappa shape index (κ2) is 6.19. The maximum Gasteiger partial charge on any atom is 0.243 e. The van der Waals surface area contributed by atoms with Gasteiger partial charge in [0.1, 0.15) is 0 Å². The normalized spacial score (nSPS) is 12.3. The van der Waals surface area contributed by atoms with Crippen molar-refractivity contribution in [2.45, 2.75) is 18.4 Å². The Bertz CT molecular complexity index is 467. The van der Waals surface area contributed by atoms with E-state index >= 15 is 0 Å². The van der Waals surface area contributed by atoms with Gasteiger partial charge < -0.3 is 5.11 Å². The summed E-state index contributed by atoms with van der Waals surface area (Å²) in [5.41, 5.74) is 0. The summed E-state index contributed by atoms with van der Waals surface area (Å²) < 4.78 is 25.8. The number of nitrogens with zero attached hydrogens (tertiary/aromatic N) is 1. The first kappa shape index (κ1) is 15.0. The molecule has 0 amide bonds. The molecule has 0 aliphatic carbocycles. The Labute approximate surface area is 111 Å². The molecule has 0 saturated carbocycles. The molecule has 0 aliphatic heterocycles. The van der Waals surface area contributed by atoms with Crippen molar-refractivity contribution >= 4 is 33.1 Å². The molecule has 0 unspecified atom stereocenters. The molecular formula is C10H17NO3S3. The lowest BCUT2D eigenvalue weighted by Crippen LogP contribution is -2.29. The summed E-state index contributed by atoms with van der Waals surface area (Å²) in [7, 11) is -1.83. The van der Waals surface area contributed by atoms with Crippen molar-refractivity contribution in [1.82, 2.24) is 4.31 Å². The van der Waals surface area contributed by atoms with Gasteiger partial charge in [-0.05, 0) is 19.2 Å². The average molecular weight is 295 g/mol. The summed E-state index contributed by atoms with van der Waals surface area (Å²) in [5, 5.41) is 9.02. The second-order valence-electron chi connectivity index (χ2n) is 3.61. The van der Waals surface area contributed by atoms with Gasteiger partial charge in [0.05, 0.1) is 11.5 Å². The highest BCUT2D eigenvalue weighted by Crippen LogP contribution is 2.27. The van der Waals surface area contributed by atoms with Crippen LogP contribution >= 0.6 is 23.1 Å². The highest BCUT2D eigenvalue weighted by molar-refractivity contribution is 7.98. The van der Waals surface area contributed by atoms with Crippen LogP contribution < -0.4 is 0 Å². The Morgan fingerprint density at radius 3 is 2.65 bits per heavy atom. The van der Waals surface area contributed by atoms with E-state index in [1.54, 1.807) is 31.8 Å². The molecule has 0 atom stereocenters. The minimum absolute atomic E-state index is 0.116. The number of rotatable bonds is 6. The zero-order valence-corrected chi connectivity index (χ0v) is 12.6. The van der Waals surface area contributed by atoms with Crippen LogP contribution in [0.4, 0.5) is 0 Å². The second-order valence-corrected chi connectivity index (χ2v) is 7.95. The molecule has 1 aromatic rings. The van der Waals surface area contributed by atoms with Gasteiger partial charge in [0.2, 0.25) is 10.0 Å². The first-order valence-corrected chi connectivity index (χ1v) is 8.74.